The van der Waals surface area contributed by atoms with Gasteiger partial charge in [-0.2, -0.15) is 0 Å². The highest BCUT2D eigenvalue weighted by Crippen LogP contribution is 2.22. The molecule has 7 nitrogen and oxygen atoms in total. The van der Waals surface area contributed by atoms with Gasteiger partial charge in [0, 0.05) is 56.5 Å². The Labute approximate surface area is 192 Å². The van der Waals surface area contributed by atoms with Gasteiger partial charge in [0.1, 0.15) is 11.5 Å². The van der Waals surface area contributed by atoms with E-state index in [2.05, 4.69) is 32.1 Å². The average molecular weight is 442 g/mol. The molecule has 4 aromatic rings. The standard InChI is InChI=1S/C26H27N5O2/c1-31(17-18-8-12-33-13-9-18)26(32)24-16-20-14-19(5-6-21(20)29-24)15-25-28-11-7-23(30-25)22-4-2-3-10-27-22/h2-7,10-11,14,16,18,29H,8-9,12-13,15,17H2,1H3. The Hall–Kier alpha value is -3.58. The summed E-state index contributed by atoms with van der Waals surface area (Å²) in [5, 5.41) is 1.01. The Kier molecular flexibility index (Phi) is 6.13. The van der Waals surface area contributed by atoms with Crippen LogP contribution in [0, 0.1) is 5.92 Å². The van der Waals surface area contributed by atoms with Crippen LogP contribution in [0.15, 0.2) is 60.9 Å². The second-order valence-electron chi connectivity index (χ2n) is 8.60. The number of nitrogens with zero attached hydrogens (tertiary/aromatic N) is 4. The van der Waals surface area contributed by atoms with Gasteiger partial charge in [0.15, 0.2) is 0 Å². The molecule has 7 heteroatoms. The predicted octanol–water partition coefficient (Wildman–Crippen LogP) is 4.11. The molecule has 33 heavy (non-hydrogen) atoms. The first-order valence-corrected chi connectivity index (χ1v) is 11.3. The number of pyridine rings is 1. The van der Waals surface area contributed by atoms with Gasteiger partial charge in [-0.05, 0) is 60.7 Å². The lowest BCUT2D eigenvalue weighted by Gasteiger charge is -2.26. The van der Waals surface area contributed by atoms with E-state index in [0.29, 0.717) is 18.0 Å². The SMILES string of the molecule is CN(CC1CCOCC1)C(=O)c1cc2cc(Cc3nccc(-c4ccccn4)n3)ccc2[nH]1. The first-order valence-electron chi connectivity index (χ1n) is 11.3. The van der Waals surface area contributed by atoms with Crippen molar-refractivity contribution < 1.29 is 9.53 Å². The van der Waals surface area contributed by atoms with Crippen molar-refractivity contribution in [2.45, 2.75) is 19.3 Å². The Morgan fingerprint density at radius 1 is 1.06 bits per heavy atom. The molecule has 1 amide bonds. The number of nitrogens with one attached hydrogen (secondary N) is 1. The smallest absolute Gasteiger partial charge is 0.270 e. The van der Waals surface area contributed by atoms with Crippen LogP contribution in [0.25, 0.3) is 22.3 Å². The number of benzene rings is 1. The molecule has 1 N–H and O–H groups in total. The van der Waals surface area contributed by atoms with Gasteiger partial charge in [0.05, 0.1) is 11.4 Å². The maximum atomic E-state index is 13.0. The highest BCUT2D eigenvalue weighted by molar-refractivity contribution is 5.98. The third kappa shape index (κ3) is 4.93. The van der Waals surface area contributed by atoms with E-state index in [1.165, 1.54) is 0 Å². The zero-order valence-electron chi connectivity index (χ0n) is 18.7. The highest BCUT2D eigenvalue weighted by atomic mass is 16.5. The van der Waals surface area contributed by atoms with E-state index in [1.807, 2.05) is 48.3 Å². The summed E-state index contributed by atoms with van der Waals surface area (Å²) < 4.78 is 5.43. The number of aromatic nitrogens is 4. The third-order valence-electron chi connectivity index (χ3n) is 6.13. The van der Waals surface area contributed by atoms with Crippen LogP contribution in [0.4, 0.5) is 0 Å². The molecule has 0 spiro atoms. The van der Waals surface area contributed by atoms with Crippen molar-refractivity contribution in [3.8, 4) is 11.4 Å². The number of fused-ring (bicyclic) bond motifs is 1. The lowest BCUT2D eigenvalue weighted by Crippen LogP contribution is -2.34. The topological polar surface area (TPSA) is 84.0 Å². The summed E-state index contributed by atoms with van der Waals surface area (Å²) in [4.78, 5) is 31.6. The minimum Gasteiger partial charge on any atom is -0.381 e. The molecule has 1 aromatic carbocycles. The van der Waals surface area contributed by atoms with Gasteiger partial charge in [-0.3, -0.25) is 9.78 Å². The van der Waals surface area contributed by atoms with Crippen molar-refractivity contribution in [3.05, 3.63) is 78.0 Å². The number of H-pyrrole nitrogens is 1. The van der Waals surface area contributed by atoms with E-state index in [0.717, 1.165) is 66.3 Å². The van der Waals surface area contributed by atoms with Crippen molar-refractivity contribution in [3.63, 3.8) is 0 Å². The molecule has 4 heterocycles. The summed E-state index contributed by atoms with van der Waals surface area (Å²) in [7, 11) is 1.88. The molecule has 5 rings (SSSR count). The monoisotopic (exact) mass is 441 g/mol. The van der Waals surface area contributed by atoms with Gasteiger partial charge in [-0.15, -0.1) is 0 Å². The lowest BCUT2D eigenvalue weighted by molar-refractivity contribution is 0.0495. The van der Waals surface area contributed by atoms with Gasteiger partial charge in [0.25, 0.3) is 5.91 Å². The molecule has 1 saturated heterocycles. The zero-order chi connectivity index (χ0) is 22.6. The van der Waals surface area contributed by atoms with Crippen LogP contribution in [0.1, 0.15) is 34.7 Å². The van der Waals surface area contributed by atoms with Crippen LogP contribution >= 0.6 is 0 Å². The molecular formula is C26H27N5O2. The van der Waals surface area contributed by atoms with E-state index >= 15 is 0 Å². The minimum absolute atomic E-state index is 0.0191. The molecule has 0 saturated carbocycles. The van der Waals surface area contributed by atoms with Gasteiger partial charge in [-0.1, -0.05) is 12.1 Å². The maximum Gasteiger partial charge on any atom is 0.270 e. The average Bonchev–Trinajstić information content (AvgIpc) is 3.28. The fraction of sp³-hybridized carbons (Fsp3) is 0.308. The molecule has 168 valence electrons. The molecule has 0 bridgehead atoms. The number of ether oxygens (including phenoxy) is 1. The van der Waals surface area contributed by atoms with Crippen molar-refractivity contribution >= 4 is 16.8 Å². The van der Waals surface area contributed by atoms with Gasteiger partial charge >= 0.3 is 0 Å². The van der Waals surface area contributed by atoms with E-state index in [-0.39, 0.29) is 5.91 Å². The summed E-state index contributed by atoms with van der Waals surface area (Å²) in [6, 6.07) is 15.7. The first-order chi connectivity index (χ1) is 16.2. The number of hydrogen-bond acceptors (Lipinski definition) is 5. The van der Waals surface area contributed by atoms with Crippen molar-refractivity contribution in [1.29, 1.82) is 0 Å². The first kappa shape index (κ1) is 21.3. The van der Waals surface area contributed by atoms with Crippen LogP contribution in [-0.2, 0) is 11.2 Å². The van der Waals surface area contributed by atoms with Crippen LogP contribution in [0.3, 0.4) is 0 Å². The zero-order valence-corrected chi connectivity index (χ0v) is 18.7. The number of rotatable bonds is 6. The van der Waals surface area contributed by atoms with Gasteiger partial charge in [-0.25, -0.2) is 9.97 Å². The Bertz CT molecular complexity index is 1250. The minimum atomic E-state index is 0.0191. The summed E-state index contributed by atoms with van der Waals surface area (Å²) >= 11 is 0. The number of amides is 1. The van der Waals surface area contributed by atoms with Crippen LogP contribution < -0.4 is 0 Å². The molecular weight excluding hydrogens is 414 g/mol. The van der Waals surface area contributed by atoms with Crippen LogP contribution in [0.5, 0.6) is 0 Å². The summed E-state index contributed by atoms with van der Waals surface area (Å²) in [5.74, 6) is 1.26. The molecule has 3 aromatic heterocycles. The predicted molar refractivity (Wildman–Crippen MR) is 127 cm³/mol. The maximum absolute atomic E-state index is 13.0. The number of carbonyl (C=O) groups is 1. The van der Waals surface area contributed by atoms with Crippen LogP contribution in [-0.4, -0.2) is 57.5 Å². The van der Waals surface area contributed by atoms with Crippen molar-refractivity contribution in [2.75, 3.05) is 26.8 Å². The molecule has 0 radical (unpaired) electrons. The van der Waals surface area contributed by atoms with E-state index < -0.39 is 0 Å². The summed E-state index contributed by atoms with van der Waals surface area (Å²) in [6.07, 6.45) is 6.16. The fourth-order valence-electron chi connectivity index (χ4n) is 4.34. The Balaban J connectivity index is 1.31. The number of aromatic amines is 1. The Morgan fingerprint density at radius 2 is 1.94 bits per heavy atom. The lowest BCUT2D eigenvalue weighted by atomic mass is 10.00. The van der Waals surface area contributed by atoms with Crippen molar-refractivity contribution in [2.24, 2.45) is 5.92 Å². The summed E-state index contributed by atoms with van der Waals surface area (Å²) in [6.45, 7) is 2.33. The van der Waals surface area contributed by atoms with Gasteiger partial charge in [0.2, 0.25) is 0 Å². The quantitative estimate of drug-likeness (QED) is 0.487. The number of carbonyl (C=O) groups excluding carboxylic acids is 1. The normalized spacial score (nSPS) is 14.5. The van der Waals surface area contributed by atoms with Crippen molar-refractivity contribution in [1.82, 2.24) is 24.8 Å². The molecule has 0 unspecified atom stereocenters. The fourth-order valence-corrected chi connectivity index (χ4v) is 4.34. The second-order valence-corrected chi connectivity index (χ2v) is 8.60. The largest absolute Gasteiger partial charge is 0.381 e. The molecule has 1 aliphatic heterocycles. The molecule has 0 atom stereocenters. The van der Waals surface area contributed by atoms with E-state index in [1.54, 1.807) is 12.4 Å². The van der Waals surface area contributed by atoms with E-state index in [9.17, 15) is 4.79 Å². The van der Waals surface area contributed by atoms with E-state index in [4.69, 9.17) is 4.74 Å². The van der Waals surface area contributed by atoms with Gasteiger partial charge < -0.3 is 14.6 Å². The highest BCUT2D eigenvalue weighted by Gasteiger charge is 2.20. The van der Waals surface area contributed by atoms with Crippen LogP contribution in [0.2, 0.25) is 0 Å². The molecule has 1 aliphatic rings. The molecule has 0 aliphatic carbocycles. The second kappa shape index (κ2) is 9.50. The Morgan fingerprint density at radius 3 is 2.76 bits per heavy atom. The third-order valence-corrected chi connectivity index (χ3v) is 6.13. The summed E-state index contributed by atoms with van der Waals surface area (Å²) in [5.41, 5.74) is 4.29. The number of hydrogen-bond donors (Lipinski definition) is 1. The molecule has 1 fully saturated rings.